The predicted molar refractivity (Wildman–Crippen MR) is 77.4 cm³/mol. The summed E-state index contributed by atoms with van der Waals surface area (Å²) >= 11 is 9.63. The Balaban J connectivity index is 1.90. The summed E-state index contributed by atoms with van der Waals surface area (Å²) in [5, 5.41) is 12.0. The second-order valence-electron chi connectivity index (χ2n) is 3.70. The number of thiophene rings is 1. The van der Waals surface area contributed by atoms with Gasteiger partial charge in [-0.1, -0.05) is 47.7 Å². The van der Waals surface area contributed by atoms with Gasteiger partial charge in [0.25, 0.3) is 0 Å². The smallest absolute Gasteiger partial charge is 0.141 e. The first-order chi connectivity index (χ1) is 8.84. The Hall–Kier alpha value is -1.23. The van der Waals surface area contributed by atoms with E-state index in [0.29, 0.717) is 0 Å². The summed E-state index contributed by atoms with van der Waals surface area (Å²) in [6.45, 7) is 0. The zero-order valence-corrected chi connectivity index (χ0v) is 11.7. The monoisotopic (exact) mass is 292 g/mol. The Bertz CT molecular complexity index is 620. The lowest BCUT2D eigenvalue weighted by atomic mass is 10.1. The Morgan fingerprint density at radius 1 is 1.00 bits per heavy atom. The van der Waals surface area contributed by atoms with Gasteiger partial charge in [0.05, 0.1) is 4.88 Å². The molecular formula is C13H9ClN2S2. The largest absolute Gasteiger partial charge is 0.157 e. The van der Waals surface area contributed by atoms with Crippen molar-refractivity contribution in [1.29, 1.82) is 0 Å². The maximum absolute atomic E-state index is 6.42. The summed E-state index contributed by atoms with van der Waals surface area (Å²) < 4.78 is 0. The van der Waals surface area contributed by atoms with E-state index in [-0.39, 0.29) is 5.38 Å². The van der Waals surface area contributed by atoms with E-state index in [1.807, 2.05) is 47.8 Å². The molecule has 0 bridgehead atoms. The third kappa shape index (κ3) is 2.32. The predicted octanol–water partition coefficient (Wildman–Crippen LogP) is 4.59. The van der Waals surface area contributed by atoms with Gasteiger partial charge in [0.1, 0.15) is 10.4 Å². The third-order valence-corrected chi connectivity index (χ3v) is 5.10. The second-order valence-corrected chi connectivity index (χ2v) is 6.09. The molecule has 2 nitrogen and oxygen atoms in total. The summed E-state index contributed by atoms with van der Waals surface area (Å²) in [7, 11) is 0. The molecule has 1 unspecified atom stereocenters. The van der Waals surface area contributed by atoms with Gasteiger partial charge in [-0.2, -0.15) is 0 Å². The third-order valence-electron chi connectivity index (χ3n) is 2.48. The van der Waals surface area contributed by atoms with Crippen LogP contribution in [0.15, 0.2) is 47.8 Å². The average Bonchev–Trinajstić information content (AvgIpc) is 3.09. The van der Waals surface area contributed by atoms with Crippen LogP contribution in [-0.2, 0) is 0 Å². The van der Waals surface area contributed by atoms with E-state index in [9.17, 15) is 0 Å². The van der Waals surface area contributed by atoms with Crippen molar-refractivity contribution in [1.82, 2.24) is 10.2 Å². The molecule has 0 saturated heterocycles. The fourth-order valence-electron chi connectivity index (χ4n) is 1.60. The lowest BCUT2D eigenvalue weighted by molar-refractivity contribution is 0.989. The molecule has 1 aromatic carbocycles. The number of halogens is 1. The van der Waals surface area contributed by atoms with Crippen molar-refractivity contribution in [2.75, 3.05) is 0 Å². The van der Waals surface area contributed by atoms with Gasteiger partial charge in [-0.25, -0.2) is 0 Å². The van der Waals surface area contributed by atoms with E-state index < -0.39 is 0 Å². The molecule has 0 aliphatic carbocycles. The van der Waals surface area contributed by atoms with Crippen LogP contribution < -0.4 is 0 Å². The number of rotatable bonds is 3. The summed E-state index contributed by atoms with van der Waals surface area (Å²) in [4.78, 5) is 1.13. The molecule has 2 heterocycles. The van der Waals surface area contributed by atoms with Crippen LogP contribution in [0, 0.1) is 0 Å². The van der Waals surface area contributed by atoms with Crippen molar-refractivity contribution in [3.63, 3.8) is 0 Å². The van der Waals surface area contributed by atoms with Crippen LogP contribution in [-0.4, -0.2) is 10.2 Å². The molecule has 0 spiro atoms. The molecule has 0 aliphatic heterocycles. The van der Waals surface area contributed by atoms with E-state index in [4.69, 9.17) is 11.6 Å². The fraction of sp³-hybridized carbons (Fsp3) is 0.0769. The van der Waals surface area contributed by atoms with Gasteiger partial charge in [-0.15, -0.1) is 33.1 Å². The first-order valence-electron chi connectivity index (χ1n) is 5.41. The zero-order valence-electron chi connectivity index (χ0n) is 9.29. The highest BCUT2D eigenvalue weighted by atomic mass is 35.5. The topological polar surface area (TPSA) is 25.8 Å². The van der Waals surface area contributed by atoms with Gasteiger partial charge in [0, 0.05) is 0 Å². The highest BCUT2D eigenvalue weighted by Crippen LogP contribution is 2.35. The molecule has 90 valence electrons. The average molecular weight is 293 g/mol. The number of benzene rings is 1. The summed E-state index contributed by atoms with van der Waals surface area (Å²) in [5.41, 5.74) is 1.05. The molecule has 3 aromatic rings. The zero-order chi connectivity index (χ0) is 12.4. The van der Waals surface area contributed by atoms with E-state index in [2.05, 4.69) is 10.2 Å². The van der Waals surface area contributed by atoms with Crippen molar-refractivity contribution < 1.29 is 0 Å². The minimum Gasteiger partial charge on any atom is -0.141 e. The SMILES string of the molecule is ClC(c1ccccc1)c1nnc(-c2cccs2)s1. The number of aromatic nitrogens is 2. The molecule has 1 atom stereocenters. The summed E-state index contributed by atoms with van der Waals surface area (Å²) in [5.74, 6) is 0. The van der Waals surface area contributed by atoms with Crippen LogP contribution in [0.3, 0.4) is 0 Å². The molecular weight excluding hydrogens is 284 g/mol. The van der Waals surface area contributed by atoms with Crippen LogP contribution in [0.4, 0.5) is 0 Å². The van der Waals surface area contributed by atoms with Gasteiger partial charge in [0.2, 0.25) is 0 Å². The minimum absolute atomic E-state index is 0.225. The number of hydrogen-bond donors (Lipinski definition) is 0. The Morgan fingerprint density at radius 3 is 2.56 bits per heavy atom. The van der Waals surface area contributed by atoms with Crippen molar-refractivity contribution >= 4 is 34.3 Å². The Labute approximate surface area is 118 Å². The van der Waals surface area contributed by atoms with Gasteiger partial charge < -0.3 is 0 Å². The van der Waals surface area contributed by atoms with E-state index in [1.54, 1.807) is 22.7 Å². The van der Waals surface area contributed by atoms with E-state index in [1.165, 1.54) is 0 Å². The standard InChI is InChI=1S/C13H9ClN2S2/c14-11(9-5-2-1-3-6-9)13-16-15-12(18-13)10-7-4-8-17-10/h1-8,11H. The fourth-order valence-corrected chi connectivity index (χ4v) is 3.57. The van der Waals surface area contributed by atoms with Gasteiger partial charge in [-0.05, 0) is 17.0 Å². The first kappa shape index (κ1) is 11.8. The molecule has 2 aromatic heterocycles. The molecule has 0 saturated carbocycles. The van der Waals surface area contributed by atoms with Crippen molar-refractivity contribution in [3.8, 4) is 9.88 Å². The van der Waals surface area contributed by atoms with Crippen molar-refractivity contribution in [3.05, 3.63) is 58.4 Å². The number of alkyl halides is 1. The Kier molecular flexibility index (Phi) is 3.41. The van der Waals surface area contributed by atoms with E-state index >= 15 is 0 Å². The lowest BCUT2D eigenvalue weighted by Crippen LogP contribution is -1.91. The van der Waals surface area contributed by atoms with Gasteiger partial charge in [-0.3, -0.25) is 0 Å². The minimum atomic E-state index is -0.225. The van der Waals surface area contributed by atoms with E-state index in [0.717, 1.165) is 20.5 Å². The van der Waals surface area contributed by atoms with Crippen LogP contribution in [0.5, 0.6) is 0 Å². The highest BCUT2D eigenvalue weighted by molar-refractivity contribution is 7.20. The number of hydrogen-bond acceptors (Lipinski definition) is 4. The summed E-state index contributed by atoms with van der Waals surface area (Å²) in [6.07, 6.45) is 0. The molecule has 0 radical (unpaired) electrons. The normalized spacial score (nSPS) is 12.5. The molecule has 0 amide bonds. The molecule has 0 aliphatic rings. The van der Waals surface area contributed by atoms with Crippen LogP contribution in [0.25, 0.3) is 9.88 Å². The first-order valence-corrected chi connectivity index (χ1v) is 7.54. The Morgan fingerprint density at radius 2 is 1.83 bits per heavy atom. The van der Waals surface area contributed by atoms with Gasteiger partial charge >= 0.3 is 0 Å². The summed E-state index contributed by atoms with van der Waals surface area (Å²) in [6, 6.07) is 14.0. The van der Waals surface area contributed by atoms with Crippen molar-refractivity contribution in [2.45, 2.75) is 5.38 Å². The van der Waals surface area contributed by atoms with Crippen LogP contribution in [0.1, 0.15) is 15.9 Å². The van der Waals surface area contributed by atoms with Crippen molar-refractivity contribution in [2.24, 2.45) is 0 Å². The highest BCUT2D eigenvalue weighted by Gasteiger charge is 2.16. The molecule has 0 N–H and O–H groups in total. The quantitative estimate of drug-likeness (QED) is 0.660. The number of nitrogens with zero attached hydrogens (tertiary/aromatic N) is 2. The maximum atomic E-state index is 6.42. The molecule has 5 heteroatoms. The van der Waals surface area contributed by atoms with Crippen LogP contribution in [0.2, 0.25) is 0 Å². The second kappa shape index (κ2) is 5.18. The molecule has 0 fully saturated rings. The molecule has 3 rings (SSSR count). The maximum Gasteiger partial charge on any atom is 0.157 e. The van der Waals surface area contributed by atoms with Gasteiger partial charge in [0.15, 0.2) is 5.01 Å². The van der Waals surface area contributed by atoms with Crippen LogP contribution >= 0.6 is 34.3 Å². The molecule has 18 heavy (non-hydrogen) atoms. The lowest BCUT2D eigenvalue weighted by Gasteiger charge is -2.04.